The number of methoxy groups -OCH3 is 2. The molecule has 1 aliphatic rings. The largest absolute Gasteiger partial charge is 0.493 e. The Hall–Kier alpha value is -1.05. The van der Waals surface area contributed by atoms with E-state index in [0.29, 0.717) is 27.3 Å². The SMILES string of the molecule is CCN1C(=O)/C(=C/c2cc(OC)c(OC)cc2Br)SC1=S. The molecule has 1 heterocycles. The molecule has 0 spiro atoms. The van der Waals surface area contributed by atoms with Gasteiger partial charge in [-0.05, 0) is 30.7 Å². The number of benzene rings is 1. The summed E-state index contributed by atoms with van der Waals surface area (Å²) in [7, 11) is 3.16. The number of carbonyl (C=O) groups excluding carboxylic acids is 1. The van der Waals surface area contributed by atoms with Gasteiger partial charge in [0.2, 0.25) is 0 Å². The monoisotopic (exact) mass is 387 g/mol. The summed E-state index contributed by atoms with van der Waals surface area (Å²) in [5.41, 5.74) is 0.837. The zero-order valence-electron chi connectivity index (χ0n) is 11.8. The minimum absolute atomic E-state index is 0.0609. The quantitative estimate of drug-likeness (QED) is 0.581. The molecule has 1 saturated heterocycles. The Morgan fingerprint density at radius 3 is 2.48 bits per heavy atom. The summed E-state index contributed by atoms with van der Waals surface area (Å²) >= 11 is 9.99. The normalized spacial score (nSPS) is 16.8. The second-order valence-electron chi connectivity index (χ2n) is 4.15. The molecule has 0 aliphatic carbocycles. The van der Waals surface area contributed by atoms with Crippen molar-refractivity contribution < 1.29 is 14.3 Å². The minimum atomic E-state index is -0.0609. The number of hydrogen-bond acceptors (Lipinski definition) is 5. The van der Waals surface area contributed by atoms with E-state index < -0.39 is 0 Å². The molecular formula is C14H14BrNO3S2. The average molecular weight is 388 g/mol. The fraction of sp³-hybridized carbons (Fsp3) is 0.286. The fourth-order valence-corrected chi connectivity index (χ4v) is 3.71. The highest BCUT2D eigenvalue weighted by molar-refractivity contribution is 9.10. The van der Waals surface area contributed by atoms with Crippen LogP contribution in [-0.4, -0.2) is 35.9 Å². The molecule has 112 valence electrons. The number of thioether (sulfide) groups is 1. The highest BCUT2D eigenvalue weighted by Crippen LogP contribution is 2.37. The first-order valence-electron chi connectivity index (χ1n) is 6.18. The lowest BCUT2D eigenvalue weighted by atomic mass is 10.2. The van der Waals surface area contributed by atoms with Crippen molar-refractivity contribution in [2.75, 3.05) is 20.8 Å². The molecule has 21 heavy (non-hydrogen) atoms. The predicted octanol–water partition coefficient (Wildman–Crippen LogP) is 3.69. The van der Waals surface area contributed by atoms with Crippen molar-refractivity contribution in [3.63, 3.8) is 0 Å². The molecule has 0 unspecified atom stereocenters. The van der Waals surface area contributed by atoms with Crippen LogP contribution in [0.3, 0.4) is 0 Å². The standard InChI is InChI=1S/C14H14BrNO3S2/c1-4-16-13(17)12(21-14(16)20)6-8-5-10(18-2)11(19-3)7-9(8)15/h5-7H,4H2,1-3H3/b12-6-. The fourth-order valence-electron chi connectivity index (χ4n) is 1.89. The lowest BCUT2D eigenvalue weighted by molar-refractivity contribution is -0.121. The van der Waals surface area contributed by atoms with Gasteiger partial charge in [-0.25, -0.2) is 0 Å². The van der Waals surface area contributed by atoms with E-state index in [1.54, 1.807) is 25.2 Å². The van der Waals surface area contributed by atoms with E-state index >= 15 is 0 Å². The van der Waals surface area contributed by atoms with Crippen molar-refractivity contribution in [3.05, 3.63) is 27.1 Å². The second-order valence-corrected chi connectivity index (χ2v) is 6.68. The first-order valence-corrected chi connectivity index (χ1v) is 8.20. The number of halogens is 1. The van der Waals surface area contributed by atoms with Gasteiger partial charge in [0.05, 0.1) is 19.1 Å². The van der Waals surface area contributed by atoms with E-state index in [0.717, 1.165) is 10.0 Å². The molecule has 1 fully saturated rings. The number of rotatable bonds is 4. The molecule has 4 nitrogen and oxygen atoms in total. The topological polar surface area (TPSA) is 38.8 Å². The molecule has 0 aromatic heterocycles. The van der Waals surface area contributed by atoms with Gasteiger partial charge >= 0.3 is 0 Å². The Morgan fingerprint density at radius 1 is 1.33 bits per heavy atom. The van der Waals surface area contributed by atoms with Crippen LogP contribution in [0.15, 0.2) is 21.5 Å². The molecule has 7 heteroatoms. The van der Waals surface area contributed by atoms with Crippen molar-refractivity contribution in [1.29, 1.82) is 0 Å². The van der Waals surface area contributed by atoms with Crippen molar-refractivity contribution in [1.82, 2.24) is 4.90 Å². The Labute approximate surface area is 141 Å². The van der Waals surface area contributed by atoms with Gasteiger partial charge in [-0.2, -0.15) is 0 Å². The number of amides is 1. The number of likely N-dealkylation sites (N-methyl/N-ethyl adjacent to an activating group) is 1. The molecule has 0 bridgehead atoms. The maximum absolute atomic E-state index is 12.2. The van der Waals surface area contributed by atoms with Gasteiger partial charge < -0.3 is 9.47 Å². The summed E-state index contributed by atoms with van der Waals surface area (Å²) in [4.78, 5) is 14.4. The van der Waals surface area contributed by atoms with Crippen molar-refractivity contribution in [3.8, 4) is 11.5 Å². The molecule has 1 aliphatic heterocycles. The second kappa shape index (κ2) is 6.81. The Balaban J connectivity index is 2.42. The zero-order chi connectivity index (χ0) is 15.6. The third-order valence-electron chi connectivity index (χ3n) is 2.98. The summed E-state index contributed by atoms with van der Waals surface area (Å²) in [6.45, 7) is 2.48. The third-order valence-corrected chi connectivity index (χ3v) is 5.04. The first kappa shape index (κ1) is 16.3. The van der Waals surface area contributed by atoms with Crippen LogP contribution >= 0.6 is 39.9 Å². The van der Waals surface area contributed by atoms with Crippen molar-refractivity contribution >= 4 is 56.2 Å². The third kappa shape index (κ3) is 3.25. The van der Waals surface area contributed by atoms with Crippen LogP contribution in [0.25, 0.3) is 6.08 Å². The van der Waals surface area contributed by atoms with Gasteiger partial charge in [0.1, 0.15) is 4.32 Å². The van der Waals surface area contributed by atoms with E-state index in [1.807, 2.05) is 19.1 Å². The first-order chi connectivity index (χ1) is 10.0. The van der Waals surface area contributed by atoms with Crippen molar-refractivity contribution in [2.24, 2.45) is 0 Å². The molecule has 0 atom stereocenters. The number of hydrogen-bond donors (Lipinski definition) is 0. The van der Waals surface area contributed by atoms with Gasteiger partial charge in [0.15, 0.2) is 11.5 Å². The molecule has 0 radical (unpaired) electrons. The van der Waals surface area contributed by atoms with E-state index in [4.69, 9.17) is 21.7 Å². The Bertz CT molecular complexity index is 631. The number of thiocarbonyl (C=S) groups is 1. The molecule has 1 amide bonds. The summed E-state index contributed by atoms with van der Waals surface area (Å²) in [5.74, 6) is 1.18. The minimum Gasteiger partial charge on any atom is -0.493 e. The van der Waals surface area contributed by atoms with Gasteiger partial charge in [0, 0.05) is 11.0 Å². The summed E-state index contributed by atoms with van der Waals surface area (Å²) in [6.07, 6.45) is 1.81. The average Bonchev–Trinajstić information content (AvgIpc) is 2.74. The van der Waals surface area contributed by atoms with Crippen LogP contribution in [0.1, 0.15) is 12.5 Å². The van der Waals surface area contributed by atoms with Gasteiger partial charge in [-0.3, -0.25) is 9.69 Å². The summed E-state index contributed by atoms with van der Waals surface area (Å²) in [6, 6.07) is 3.63. The number of carbonyl (C=O) groups is 1. The highest BCUT2D eigenvalue weighted by atomic mass is 79.9. The lowest BCUT2D eigenvalue weighted by Crippen LogP contribution is -2.27. The van der Waals surface area contributed by atoms with Crippen molar-refractivity contribution in [2.45, 2.75) is 6.92 Å². The maximum atomic E-state index is 12.2. The number of ether oxygens (including phenoxy) is 2. The van der Waals surface area contributed by atoms with Crippen LogP contribution < -0.4 is 9.47 Å². The smallest absolute Gasteiger partial charge is 0.266 e. The summed E-state index contributed by atoms with van der Waals surface area (Å²) in [5, 5.41) is 0. The van der Waals surface area contributed by atoms with Gasteiger partial charge in [-0.1, -0.05) is 39.9 Å². The lowest BCUT2D eigenvalue weighted by Gasteiger charge is -2.11. The van der Waals surface area contributed by atoms with Gasteiger partial charge in [0.25, 0.3) is 5.91 Å². The number of nitrogens with zero attached hydrogens (tertiary/aromatic N) is 1. The molecule has 0 saturated carbocycles. The van der Waals surface area contributed by atoms with Crippen LogP contribution in [0.5, 0.6) is 11.5 Å². The van der Waals surface area contributed by atoms with E-state index in [1.165, 1.54) is 11.8 Å². The van der Waals surface area contributed by atoms with E-state index in [2.05, 4.69) is 15.9 Å². The zero-order valence-corrected chi connectivity index (χ0v) is 15.0. The molecule has 0 N–H and O–H groups in total. The van der Waals surface area contributed by atoms with Crippen LogP contribution in [-0.2, 0) is 4.79 Å². The van der Waals surface area contributed by atoms with E-state index in [9.17, 15) is 4.79 Å². The highest BCUT2D eigenvalue weighted by Gasteiger charge is 2.30. The Morgan fingerprint density at radius 2 is 1.95 bits per heavy atom. The van der Waals surface area contributed by atoms with Crippen LogP contribution in [0.4, 0.5) is 0 Å². The summed E-state index contributed by atoms with van der Waals surface area (Å²) < 4.78 is 11.9. The molecule has 2 rings (SSSR count). The maximum Gasteiger partial charge on any atom is 0.266 e. The molecule has 1 aromatic rings. The van der Waals surface area contributed by atoms with Crippen LogP contribution in [0, 0.1) is 0 Å². The molecule has 1 aromatic carbocycles. The van der Waals surface area contributed by atoms with Gasteiger partial charge in [-0.15, -0.1) is 0 Å². The Kier molecular flexibility index (Phi) is 5.29. The predicted molar refractivity (Wildman–Crippen MR) is 92.8 cm³/mol. The molecular weight excluding hydrogens is 374 g/mol. The van der Waals surface area contributed by atoms with E-state index in [-0.39, 0.29) is 5.91 Å². The van der Waals surface area contributed by atoms with Crippen LogP contribution in [0.2, 0.25) is 0 Å².